The van der Waals surface area contributed by atoms with Crippen molar-refractivity contribution in [1.82, 2.24) is 9.88 Å². The number of benzene rings is 1. The number of hydrogen-bond donors (Lipinski definition) is 1. The highest BCUT2D eigenvalue weighted by atomic mass is 35.5. The molecule has 1 atom stereocenters. The Morgan fingerprint density at radius 1 is 1.11 bits per heavy atom. The predicted octanol–water partition coefficient (Wildman–Crippen LogP) is 5.00. The minimum atomic E-state index is -0.707. The van der Waals surface area contributed by atoms with Crippen molar-refractivity contribution in [1.29, 1.82) is 0 Å². The molecule has 7 heteroatoms. The second kappa shape index (κ2) is 8.76. The Morgan fingerprint density at radius 2 is 1.82 bits per heavy atom. The third-order valence-electron chi connectivity index (χ3n) is 4.76. The van der Waals surface area contributed by atoms with Crippen LogP contribution < -0.4 is 0 Å². The van der Waals surface area contributed by atoms with E-state index in [0.29, 0.717) is 22.7 Å². The molecule has 2 heterocycles. The quantitative estimate of drug-likeness (QED) is 0.310. The molecule has 1 aromatic heterocycles. The molecule has 1 amide bonds. The van der Waals surface area contributed by atoms with Gasteiger partial charge in [0.15, 0.2) is 0 Å². The molecule has 2 aromatic rings. The van der Waals surface area contributed by atoms with Gasteiger partial charge in [0.2, 0.25) is 0 Å². The maximum Gasteiger partial charge on any atom is 0.295 e. The van der Waals surface area contributed by atoms with Crippen LogP contribution in [0.25, 0.3) is 5.76 Å². The fourth-order valence-electron chi connectivity index (χ4n) is 3.33. The van der Waals surface area contributed by atoms with E-state index in [-0.39, 0.29) is 16.4 Å². The van der Waals surface area contributed by atoms with Gasteiger partial charge in [0.25, 0.3) is 11.7 Å². The van der Waals surface area contributed by atoms with Gasteiger partial charge < -0.3 is 10.0 Å². The van der Waals surface area contributed by atoms with Gasteiger partial charge in [0, 0.05) is 24.5 Å². The molecular formula is C21H20Cl2N2O3. The lowest BCUT2D eigenvalue weighted by atomic mass is 9.96. The Labute approximate surface area is 173 Å². The molecule has 1 fully saturated rings. The van der Waals surface area contributed by atoms with Crippen LogP contribution in [-0.4, -0.2) is 33.2 Å². The van der Waals surface area contributed by atoms with E-state index in [4.69, 9.17) is 23.2 Å². The van der Waals surface area contributed by atoms with Gasteiger partial charge in [-0.2, -0.15) is 0 Å². The number of Topliss-reactive ketones (excluding diaryl/α,β-unsaturated/α-hetero) is 1. The summed E-state index contributed by atoms with van der Waals surface area (Å²) in [5, 5.41) is 11.5. The van der Waals surface area contributed by atoms with Gasteiger partial charge >= 0.3 is 0 Å². The average molecular weight is 419 g/mol. The lowest BCUT2D eigenvalue weighted by molar-refractivity contribution is -0.139. The molecule has 0 saturated carbocycles. The third kappa shape index (κ3) is 3.91. The zero-order valence-electron chi connectivity index (χ0n) is 15.4. The monoisotopic (exact) mass is 418 g/mol. The number of aliphatic hydroxyl groups is 1. The normalized spacial score (nSPS) is 18.7. The number of halogens is 2. The highest BCUT2D eigenvalue weighted by Crippen LogP contribution is 2.40. The zero-order chi connectivity index (χ0) is 20.3. The van der Waals surface area contributed by atoms with Gasteiger partial charge in [-0.05, 0) is 42.3 Å². The summed E-state index contributed by atoms with van der Waals surface area (Å²) in [6.07, 6.45) is 5.91. The molecule has 0 aliphatic carbocycles. The van der Waals surface area contributed by atoms with Crippen molar-refractivity contribution in [3.63, 3.8) is 0 Å². The number of amides is 1. The van der Waals surface area contributed by atoms with Crippen LogP contribution in [0.5, 0.6) is 0 Å². The van der Waals surface area contributed by atoms with Crippen LogP contribution in [0.3, 0.4) is 0 Å². The van der Waals surface area contributed by atoms with Crippen LogP contribution in [0.15, 0.2) is 48.3 Å². The number of carbonyl (C=O) groups is 2. The largest absolute Gasteiger partial charge is 0.507 e. The molecule has 0 radical (unpaired) electrons. The minimum absolute atomic E-state index is 0.0473. The smallest absolute Gasteiger partial charge is 0.295 e. The first kappa shape index (κ1) is 20.4. The van der Waals surface area contributed by atoms with Gasteiger partial charge in [-0.15, -0.1) is 0 Å². The maximum atomic E-state index is 12.8. The summed E-state index contributed by atoms with van der Waals surface area (Å²) in [5.41, 5.74) is 1.10. The van der Waals surface area contributed by atoms with Gasteiger partial charge in [-0.3, -0.25) is 14.6 Å². The second-order valence-electron chi connectivity index (χ2n) is 6.61. The maximum absolute atomic E-state index is 12.8. The molecule has 5 nitrogen and oxygen atoms in total. The number of carbonyl (C=O) groups excluding carboxylic acids is 2. The van der Waals surface area contributed by atoms with Gasteiger partial charge in [0.05, 0.1) is 21.7 Å². The molecule has 1 aliphatic rings. The number of nitrogens with zero attached hydrogens (tertiary/aromatic N) is 2. The number of hydrogen-bond acceptors (Lipinski definition) is 4. The van der Waals surface area contributed by atoms with Crippen LogP contribution >= 0.6 is 23.2 Å². The number of aliphatic hydroxyl groups excluding tert-OH is 1. The van der Waals surface area contributed by atoms with Crippen molar-refractivity contribution in [3.8, 4) is 0 Å². The molecule has 0 spiro atoms. The minimum Gasteiger partial charge on any atom is -0.507 e. The molecule has 1 unspecified atom stereocenters. The summed E-state index contributed by atoms with van der Waals surface area (Å²) >= 11 is 12.0. The molecule has 1 saturated heterocycles. The number of likely N-dealkylation sites (tertiary alicyclic amines) is 1. The molecular weight excluding hydrogens is 399 g/mol. The van der Waals surface area contributed by atoms with E-state index in [1.54, 1.807) is 30.6 Å². The van der Waals surface area contributed by atoms with E-state index in [2.05, 4.69) is 11.9 Å². The molecule has 1 aromatic carbocycles. The van der Waals surface area contributed by atoms with Crippen LogP contribution in [0.4, 0.5) is 0 Å². The Morgan fingerprint density at radius 3 is 2.46 bits per heavy atom. The molecule has 3 rings (SSSR count). The summed E-state index contributed by atoms with van der Waals surface area (Å²) in [5.74, 6) is -1.59. The summed E-state index contributed by atoms with van der Waals surface area (Å²) in [6, 6.07) is 7.40. The van der Waals surface area contributed by atoms with Crippen LogP contribution in [-0.2, 0) is 9.59 Å². The van der Waals surface area contributed by atoms with Crippen molar-refractivity contribution in [2.24, 2.45) is 0 Å². The van der Waals surface area contributed by atoms with E-state index < -0.39 is 17.7 Å². The Kier molecular flexibility index (Phi) is 6.37. The van der Waals surface area contributed by atoms with Crippen LogP contribution in [0.1, 0.15) is 43.4 Å². The molecule has 28 heavy (non-hydrogen) atoms. The standard InChI is InChI=1S/C21H20Cl2N2O3/c1-2-3-4-11-25-18(13-7-9-24-10-8-13)17(20(27)21(25)28)19(26)14-5-6-15(22)16(23)12-14/h5-10,12,18,26H,2-4,11H2,1H3/b19-17-. The van der Waals surface area contributed by atoms with Crippen molar-refractivity contribution in [3.05, 3.63) is 69.5 Å². The summed E-state index contributed by atoms with van der Waals surface area (Å²) in [6.45, 7) is 2.50. The fraction of sp³-hybridized carbons (Fsp3) is 0.286. The molecule has 1 aliphatic heterocycles. The van der Waals surface area contributed by atoms with Crippen molar-refractivity contribution in [2.45, 2.75) is 32.2 Å². The van der Waals surface area contributed by atoms with Crippen molar-refractivity contribution < 1.29 is 14.7 Å². The van der Waals surface area contributed by atoms with Crippen molar-refractivity contribution in [2.75, 3.05) is 6.54 Å². The molecule has 0 bridgehead atoms. The number of ketones is 1. The first-order valence-electron chi connectivity index (χ1n) is 9.09. The van der Waals surface area contributed by atoms with Crippen LogP contribution in [0, 0.1) is 0 Å². The van der Waals surface area contributed by atoms with Gasteiger partial charge in [-0.25, -0.2) is 0 Å². The first-order valence-corrected chi connectivity index (χ1v) is 9.85. The zero-order valence-corrected chi connectivity index (χ0v) is 16.9. The van der Waals surface area contributed by atoms with Crippen molar-refractivity contribution >= 4 is 40.7 Å². The lowest BCUT2D eigenvalue weighted by Gasteiger charge is -2.25. The van der Waals surface area contributed by atoms with Gasteiger partial charge in [-0.1, -0.05) is 43.0 Å². The number of unbranched alkanes of at least 4 members (excludes halogenated alkanes) is 2. The Bertz CT molecular complexity index is 929. The highest BCUT2D eigenvalue weighted by molar-refractivity contribution is 6.46. The van der Waals surface area contributed by atoms with E-state index in [9.17, 15) is 14.7 Å². The Balaban J connectivity index is 2.12. The fourth-order valence-corrected chi connectivity index (χ4v) is 3.63. The number of pyridine rings is 1. The first-order chi connectivity index (χ1) is 13.5. The highest BCUT2D eigenvalue weighted by Gasteiger charge is 2.45. The van der Waals surface area contributed by atoms with E-state index in [0.717, 1.165) is 19.3 Å². The average Bonchev–Trinajstić information content (AvgIpc) is 2.95. The Hall–Kier alpha value is -2.37. The van der Waals surface area contributed by atoms with E-state index >= 15 is 0 Å². The second-order valence-corrected chi connectivity index (χ2v) is 7.42. The number of aromatic nitrogens is 1. The molecule has 146 valence electrons. The summed E-state index contributed by atoms with van der Waals surface area (Å²) in [4.78, 5) is 31.1. The summed E-state index contributed by atoms with van der Waals surface area (Å²) < 4.78 is 0. The third-order valence-corrected chi connectivity index (χ3v) is 5.50. The predicted molar refractivity (Wildman–Crippen MR) is 109 cm³/mol. The topological polar surface area (TPSA) is 70.5 Å². The lowest BCUT2D eigenvalue weighted by Crippen LogP contribution is -2.30. The number of rotatable bonds is 6. The van der Waals surface area contributed by atoms with Crippen LogP contribution in [0.2, 0.25) is 10.0 Å². The van der Waals surface area contributed by atoms with Gasteiger partial charge in [0.1, 0.15) is 5.76 Å². The SMILES string of the molecule is CCCCCN1C(=O)C(=O)/C(=C(\O)c2ccc(Cl)c(Cl)c2)C1c1ccncc1. The molecule has 1 N–H and O–H groups in total. The van der Waals surface area contributed by atoms with E-state index in [1.807, 2.05) is 0 Å². The van der Waals surface area contributed by atoms with E-state index in [1.165, 1.54) is 17.0 Å². The summed E-state index contributed by atoms with van der Waals surface area (Å²) in [7, 11) is 0.